The Morgan fingerprint density at radius 2 is 2.20 bits per heavy atom. The number of rotatable bonds is 5. The number of benzene rings is 1. The topological polar surface area (TPSA) is 55.1 Å². The van der Waals surface area contributed by atoms with E-state index in [-0.39, 0.29) is 0 Å². The van der Waals surface area contributed by atoms with Crippen LogP contribution in [-0.2, 0) is 0 Å². The van der Waals surface area contributed by atoms with E-state index in [1.807, 2.05) is 6.07 Å². The van der Waals surface area contributed by atoms with Crippen LogP contribution in [0, 0.1) is 11.3 Å². The van der Waals surface area contributed by atoms with Crippen molar-refractivity contribution in [2.45, 2.75) is 11.3 Å². The molecule has 0 N–H and O–H groups in total. The first-order valence-electron chi connectivity index (χ1n) is 5.93. The second-order valence-electron chi connectivity index (χ2n) is 4.02. The third-order valence-corrected chi connectivity index (χ3v) is 3.17. The molecule has 0 unspecified atom stereocenters. The Bertz CT molecular complexity index is 653. The number of nitrogens with zero attached hydrogens (tertiary/aromatic N) is 2. The molecule has 104 valence electrons. The summed E-state index contributed by atoms with van der Waals surface area (Å²) in [6.45, 7) is 0.322. The van der Waals surface area contributed by atoms with Crippen molar-refractivity contribution in [2.24, 2.45) is 0 Å². The second-order valence-corrected chi connectivity index (χ2v) is 5.30. The van der Waals surface area contributed by atoms with Gasteiger partial charge in [-0.1, -0.05) is 0 Å². The number of nitriles is 1. The molecule has 6 heteroatoms. The van der Waals surface area contributed by atoms with Gasteiger partial charge in [0.15, 0.2) is 0 Å². The highest BCUT2D eigenvalue weighted by molar-refractivity contribution is 6.44. The Morgan fingerprint density at radius 1 is 1.40 bits per heavy atom. The van der Waals surface area contributed by atoms with Crippen LogP contribution in [0.2, 0.25) is 0 Å². The molecule has 0 atom stereocenters. The number of fused-ring (bicyclic) bond motifs is 1. The lowest BCUT2D eigenvalue weighted by molar-refractivity contribution is 0.318. The molecule has 0 saturated carbocycles. The molecule has 20 heavy (non-hydrogen) atoms. The van der Waals surface area contributed by atoms with Gasteiger partial charge in [-0.25, -0.2) is 0 Å². The van der Waals surface area contributed by atoms with Gasteiger partial charge in [0.1, 0.15) is 28.0 Å². The molecule has 0 aliphatic heterocycles. The number of hydrogen-bond acceptors (Lipinski definition) is 4. The van der Waals surface area contributed by atoms with Gasteiger partial charge in [-0.3, -0.25) is 4.98 Å². The smallest absolute Gasteiger partial charge is 0.148 e. The number of halogens is 2. The lowest BCUT2D eigenvalue weighted by atomic mass is 10.1. The number of aromatic nitrogens is 1. The minimum absolute atomic E-state index is 0.322. The summed E-state index contributed by atoms with van der Waals surface area (Å²) in [4.78, 5) is 3.72. The molecule has 0 fully saturated rings. The fourth-order valence-electron chi connectivity index (χ4n) is 1.76. The molecular weight excluding hydrogens is 299 g/mol. The molecule has 0 amide bonds. The monoisotopic (exact) mass is 310 g/mol. The first-order chi connectivity index (χ1) is 9.65. The second kappa shape index (κ2) is 6.65. The van der Waals surface area contributed by atoms with Gasteiger partial charge in [0.25, 0.3) is 0 Å². The highest BCUT2D eigenvalue weighted by Gasteiger charge is 2.12. The van der Waals surface area contributed by atoms with E-state index in [0.717, 1.165) is 10.9 Å². The van der Waals surface area contributed by atoms with Gasteiger partial charge in [0, 0.05) is 18.0 Å². The molecule has 4 nitrogen and oxygen atoms in total. The Hall–Kier alpha value is -1.70. The fraction of sp³-hybridized carbons (Fsp3) is 0.286. The number of methoxy groups -OCH3 is 1. The van der Waals surface area contributed by atoms with Crippen molar-refractivity contribution < 1.29 is 9.47 Å². The molecule has 2 aromatic rings. The largest absolute Gasteiger partial charge is 0.497 e. The van der Waals surface area contributed by atoms with E-state index in [2.05, 4.69) is 11.1 Å². The van der Waals surface area contributed by atoms with E-state index in [4.69, 9.17) is 37.9 Å². The summed E-state index contributed by atoms with van der Waals surface area (Å²) in [7, 11) is 1.58. The average molecular weight is 311 g/mol. The van der Waals surface area contributed by atoms with Crippen LogP contribution in [-0.4, -0.2) is 23.5 Å². The van der Waals surface area contributed by atoms with Crippen molar-refractivity contribution in [1.29, 1.82) is 5.26 Å². The van der Waals surface area contributed by atoms with Crippen molar-refractivity contribution >= 4 is 34.1 Å². The van der Waals surface area contributed by atoms with Crippen molar-refractivity contribution in [2.75, 3.05) is 13.7 Å². The zero-order chi connectivity index (χ0) is 14.5. The summed E-state index contributed by atoms with van der Waals surface area (Å²) in [5.41, 5.74) is 1.10. The standard InChI is InChI=1S/C14H12Cl2N2O2/c1-19-10-2-3-12-11(6-10)14(9(7-17)8-18-12)20-5-4-13(15)16/h2-3,6,8,13H,4-5H2,1H3. The minimum atomic E-state index is -0.497. The van der Waals surface area contributed by atoms with E-state index < -0.39 is 4.84 Å². The van der Waals surface area contributed by atoms with E-state index in [0.29, 0.717) is 30.1 Å². The van der Waals surface area contributed by atoms with Crippen molar-refractivity contribution in [3.8, 4) is 17.6 Å². The van der Waals surface area contributed by atoms with Crippen LogP contribution >= 0.6 is 23.2 Å². The number of alkyl halides is 2. The van der Waals surface area contributed by atoms with Crippen LogP contribution < -0.4 is 9.47 Å². The van der Waals surface area contributed by atoms with E-state index in [9.17, 15) is 0 Å². The quantitative estimate of drug-likeness (QED) is 0.790. The van der Waals surface area contributed by atoms with Crippen LogP contribution in [0.3, 0.4) is 0 Å². The number of pyridine rings is 1. The molecule has 1 heterocycles. The zero-order valence-corrected chi connectivity index (χ0v) is 12.3. The summed E-state index contributed by atoms with van der Waals surface area (Å²) in [6, 6.07) is 7.48. The molecule has 0 saturated heterocycles. The highest BCUT2D eigenvalue weighted by atomic mass is 35.5. The zero-order valence-electron chi connectivity index (χ0n) is 10.8. The van der Waals surface area contributed by atoms with E-state index in [1.54, 1.807) is 19.2 Å². The van der Waals surface area contributed by atoms with Gasteiger partial charge >= 0.3 is 0 Å². The summed E-state index contributed by atoms with van der Waals surface area (Å²) < 4.78 is 10.8. The Kier molecular flexibility index (Phi) is 4.89. The number of hydrogen-bond donors (Lipinski definition) is 0. The molecule has 0 spiro atoms. The average Bonchev–Trinajstić information content (AvgIpc) is 2.46. The van der Waals surface area contributed by atoms with Gasteiger partial charge in [-0.15, -0.1) is 23.2 Å². The summed E-state index contributed by atoms with van der Waals surface area (Å²) in [6.07, 6.45) is 1.96. The molecule has 1 aromatic heterocycles. The molecule has 2 rings (SSSR count). The van der Waals surface area contributed by atoms with Gasteiger partial charge in [0.2, 0.25) is 0 Å². The summed E-state index contributed by atoms with van der Waals surface area (Å²) >= 11 is 11.3. The van der Waals surface area contributed by atoms with Crippen molar-refractivity contribution in [3.05, 3.63) is 30.0 Å². The number of ether oxygens (including phenoxy) is 2. The van der Waals surface area contributed by atoms with Gasteiger partial charge < -0.3 is 9.47 Å². The van der Waals surface area contributed by atoms with Crippen LogP contribution in [0.15, 0.2) is 24.4 Å². The van der Waals surface area contributed by atoms with Crippen molar-refractivity contribution in [1.82, 2.24) is 4.98 Å². The lowest BCUT2D eigenvalue weighted by Crippen LogP contribution is -2.04. The first-order valence-corrected chi connectivity index (χ1v) is 6.80. The predicted molar refractivity (Wildman–Crippen MR) is 78.6 cm³/mol. The maximum Gasteiger partial charge on any atom is 0.148 e. The van der Waals surface area contributed by atoms with Gasteiger partial charge in [0.05, 0.1) is 19.2 Å². The Morgan fingerprint density at radius 3 is 2.85 bits per heavy atom. The third-order valence-electron chi connectivity index (χ3n) is 2.73. The van der Waals surface area contributed by atoms with Crippen LogP contribution in [0.5, 0.6) is 11.5 Å². The van der Waals surface area contributed by atoms with Crippen molar-refractivity contribution in [3.63, 3.8) is 0 Å². The van der Waals surface area contributed by atoms with E-state index in [1.165, 1.54) is 6.20 Å². The SMILES string of the molecule is COc1ccc2ncc(C#N)c(OCCC(Cl)Cl)c2c1. The van der Waals surface area contributed by atoms with E-state index >= 15 is 0 Å². The first kappa shape index (κ1) is 14.7. The third kappa shape index (κ3) is 3.24. The van der Waals surface area contributed by atoms with Crippen LogP contribution in [0.25, 0.3) is 10.9 Å². The van der Waals surface area contributed by atoms with Gasteiger partial charge in [-0.2, -0.15) is 5.26 Å². The van der Waals surface area contributed by atoms with Crippen LogP contribution in [0.4, 0.5) is 0 Å². The Balaban J connectivity index is 2.44. The predicted octanol–water partition coefficient (Wildman–Crippen LogP) is 3.69. The molecule has 0 bridgehead atoms. The normalized spacial score (nSPS) is 10.6. The van der Waals surface area contributed by atoms with Crippen LogP contribution in [0.1, 0.15) is 12.0 Å². The fourth-order valence-corrected chi connectivity index (χ4v) is 1.94. The minimum Gasteiger partial charge on any atom is -0.497 e. The maximum atomic E-state index is 9.16. The maximum absolute atomic E-state index is 9.16. The highest BCUT2D eigenvalue weighted by Crippen LogP contribution is 2.31. The molecule has 0 aliphatic rings. The summed E-state index contributed by atoms with van der Waals surface area (Å²) in [5, 5.41) is 9.89. The lowest BCUT2D eigenvalue weighted by Gasteiger charge is -2.11. The molecule has 0 aliphatic carbocycles. The Labute approximate surface area is 126 Å². The van der Waals surface area contributed by atoms with Gasteiger partial charge in [-0.05, 0) is 18.2 Å². The molecule has 0 radical (unpaired) electrons. The molecule has 1 aromatic carbocycles. The summed E-state index contributed by atoms with van der Waals surface area (Å²) in [5.74, 6) is 1.15. The molecular formula is C14H12Cl2N2O2.